The molecule has 0 aliphatic heterocycles. The molecule has 0 heterocycles. The van der Waals surface area contributed by atoms with E-state index in [1.807, 2.05) is 30.3 Å². The zero-order valence-corrected chi connectivity index (χ0v) is 11.4. The minimum Gasteiger partial charge on any atom is -0.454 e. The van der Waals surface area contributed by atoms with Crippen molar-refractivity contribution in [1.29, 1.82) is 0 Å². The number of hydrogen-bond donors (Lipinski definition) is 1. The van der Waals surface area contributed by atoms with Crippen molar-refractivity contribution in [2.24, 2.45) is 0 Å². The first-order valence-corrected chi connectivity index (χ1v) is 6.30. The van der Waals surface area contributed by atoms with Crippen molar-refractivity contribution < 1.29 is 13.9 Å². The van der Waals surface area contributed by atoms with Gasteiger partial charge in [0, 0.05) is 5.69 Å². The van der Waals surface area contributed by atoms with Gasteiger partial charge in [0.15, 0.2) is 0 Å². The van der Waals surface area contributed by atoms with Crippen LogP contribution in [-0.4, -0.2) is 5.97 Å². The van der Waals surface area contributed by atoms with Crippen molar-refractivity contribution in [2.75, 3.05) is 5.73 Å². The number of ether oxygens (including phenoxy) is 1. The maximum atomic E-state index is 13.9. The van der Waals surface area contributed by atoms with E-state index in [4.69, 9.17) is 10.5 Å². The van der Waals surface area contributed by atoms with E-state index in [1.54, 1.807) is 13.8 Å². The molecule has 0 bridgehead atoms. The van der Waals surface area contributed by atoms with Crippen LogP contribution in [0.5, 0.6) is 0 Å². The van der Waals surface area contributed by atoms with Crippen LogP contribution < -0.4 is 5.73 Å². The van der Waals surface area contributed by atoms with Crippen molar-refractivity contribution in [3.05, 3.63) is 65.0 Å². The fourth-order valence-corrected chi connectivity index (χ4v) is 1.96. The van der Waals surface area contributed by atoms with Crippen LogP contribution in [0.3, 0.4) is 0 Å². The standard InChI is InChI=1S/C16H16FNO2/c1-10-8-13(18)9-14(15(10)17)16(19)20-11(2)12-6-4-3-5-7-12/h3-9,11H,18H2,1-2H3. The molecule has 0 radical (unpaired) electrons. The number of esters is 1. The second kappa shape index (κ2) is 5.74. The van der Waals surface area contributed by atoms with E-state index >= 15 is 0 Å². The number of aryl methyl sites for hydroxylation is 1. The highest BCUT2D eigenvalue weighted by Crippen LogP contribution is 2.22. The van der Waals surface area contributed by atoms with Gasteiger partial charge in [0.05, 0.1) is 5.56 Å². The Balaban J connectivity index is 2.21. The van der Waals surface area contributed by atoms with Crippen molar-refractivity contribution in [3.8, 4) is 0 Å². The Morgan fingerprint density at radius 1 is 1.25 bits per heavy atom. The number of rotatable bonds is 3. The van der Waals surface area contributed by atoms with Gasteiger partial charge in [-0.05, 0) is 37.1 Å². The van der Waals surface area contributed by atoms with Crippen molar-refractivity contribution in [3.63, 3.8) is 0 Å². The molecule has 0 saturated carbocycles. The summed E-state index contributed by atoms with van der Waals surface area (Å²) < 4.78 is 19.2. The summed E-state index contributed by atoms with van der Waals surface area (Å²) in [7, 11) is 0. The van der Waals surface area contributed by atoms with Gasteiger partial charge in [0.2, 0.25) is 0 Å². The van der Waals surface area contributed by atoms with Crippen molar-refractivity contribution in [2.45, 2.75) is 20.0 Å². The van der Waals surface area contributed by atoms with Gasteiger partial charge in [0.25, 0.3) is 0 Å². The number of nitrogen functional groups attached to an aromatic ring is 1. The lowest BCUT2D eigenvalue weighted by Crippen LogP contribution is -2.12. The average molecular weight is 273 g/mol. The van der Waals surface area contributed by atoms with Crippen LogP contribution >= 0.6 is 0 Å². The molecule has 2 aromatic carbocycles. The molecule has 2 N–H and O–H groups in total. The van der Waals surface area contributed by atoms with Gasteiger partial charge >= 0.3 is 5.97 Å². The maximum absolute atomic E-state index is 13.9. The summed E-state index contributed by atoms with van der Waals surface area (Å²) in [5.74, 6) is -1.31. The SMILES string of the molecule is Cc1cc(N)cc(C(=O)OC(C)c2ccccc2)c1F. The van der Waals surface area contributed by atoms with Crippen LogP contribution in [-0.2, 0) is 4.74 Å². The zero-order valence-electron chi connectivity index (χ0n) is 11.4. The molecule has 2 aromatic rings. The molecule has 4 heteroatoms. The molecule has 20 heavy (non-hydrogen) atoms. The van der Waals surface area contributed by atoms with Crippen LogP contribution in [0.2, 0.25) is 0 Å². The van der Waals surface area contributed by atoms with Crippen LogP contribution in [0.25, 0.3) is 0 Å². The van der Waals surface area contributed by atoms with Crippen LogP contribution in [0, 0.1) is 12.7 Å². The number of nitrogens with two attached hydrogens (primary N) is 1. The van der Waals surface area contributed by atoms with E-state index in [9.17, 15) is 9.18 Å². The third-order valence-corrected chi connectivity index (χ3v) is 3.05. The molecule has 1 unspecified atom stereocenters. The lowest BCUT2D eigenvalue weighted by Gasteiger charge is -2.14. The second-order valence-electron chi connectivity index (χ2n) is 4.66. The van der Waals surface area contributed by atoms with Gasteiger partial charge in [-0.25, -0.2) is 9.18 Å². The van der Waals surface area contributed by atoms with Gasteiger partial charge in [-0.2, -0.15) is 0 Å². The fourth-order valence-electron chi connectivity index (χ4n) is 1.96. The first-order valence-electron chi connectivity index (χ1n) is 6.30. The van der Waals surface area contributed by atoms with Gasteiger partial charge in [0.1, 0.15) is 11.9 Å². The molecular weight excluding hydrogens is 257 g/mol. The molecule has 0 saturated heterocycles. The summed E-state index contributed by atoms with van der Waals surface area (Å²) in [6.07, 6.45) is -0.454. The molecule has 2 rings (SSSR count). The van der Waals surface area contributed by atoms with Crippen LogP contribution in [0.15, 0.2) is 42.5 Å². The van der Waals surface area contributed by atoms with E-state index < -0.39 is 17.9 Å². The molecule has 0 spiro atoms. The van der Waals surface area contributed by atoms with E-state index in [0.717, 1.165) is 5.56 Å². The van der Waals surface area contributed by atoms with Gasteiger partial charge in [-0.15, -0.1) is 0 Å². The molecule has 0 fully saturated rings. The van der Waals surface area contributed by atoms with E-state index in [0.29, 0.717) is 11.3 Å². The lowest BCUT2D eigenvalue weighted by molar-refractivity contribution is 0.0332. The van der Waals surface area contributed by atoms with Crippen LogP contribution in [0.1, 0.15) is 34.5 Å². The Hall–Kier alpha value is -2.36. The second-order valence-corrected chi connectivity index (χ2v) is 4.66. The Morgan fingerprint density at radius 3 is 2.55 bits per heavy atom. The average Bonchev–Trinajstić information content (AvgIpc) is 2.43. The topological polar surface area (TPSA) is 52.3 Å². The maximum Gasteiger partial charge on any atom is 0.341 e. The lowest BCUT2D eigenvalue weighted by atomic mass is 10.1. The third kappa shape index (κ3) is 2.96. The van der Waals surface area contributed by atoms with Crippen molar-refractivity contribution >= 4 is 11.7 Å². The Morgan fingerprint density at radius 2 is 1.90 bits per heavy atom. The first kappa shape index (κ1) is 14.1. The molecular formula is C16H16FNO2. The number of benzene rings is 2. The smallest absolute Gasteiger partial charge is 0.341 e. The molecule has 0 aliphatic rings. The molecule has 0 amide bonds. The summed E-state index contributed by atoms with van der Waals surface area (Å²) >= 11 is 0. The number of halogens is 1. The fraction of sp³-hybridized carbons (Fsp3) is 0.188. The number of carbonyl (C=O) groups is 1. The Labute approximate surface area is 117 Å². The Kier molecular flexibility index (Phi) is 4.03. The summed E-state index contributed by atoms with van der Waals surface area (Å²) in [6, 6.07) is 12.0. The van der Waals surface area contributed by atoms with E-state index in [2.05, 4.69) is 0 Å². The zero-order chi connectivity index (χ0) is 14.7. The van der Waals surface area contributed by atoms with Gasteiger partial charge in [-0.1, -0.05) is 30.3 Å². The highest BCUT2D eigenvalue weighted by molar-refractivity contribution is 5.91. The Bertz CT molecular complexity index is 626. The van der Waals surface area contributed by atoms with Crippen molar-refractivity contribution in [1.82, 2.24) is 0 Å². The largest absolute Gasteiger partial charge is 0.454 e. The summed E-state index contributed by atoms with van der Waals surface area (Å²) in [4.78, 5) is 12.0. The predicted octanol–water partition coefficient (Wildman–Crippen LogP) is 3.63. The van der Waals surface area contributed by atoms with Gasteiger partial charge < -0.3 is 10.5 Å². The van der Waals surface area contributed by atoms with E-state index in [1.165, 1.54) is 12.1 Å². The van der Waals surface area contributed by atoms with Crippen LogP contribution in [0.4, 0.5) is 10.1 Å². The number of anilines is 1. The summed E-state index contributed by atoms with van der Waals surface area (Å²) in [6.45, 7) is 3.30. The number of hydrogen-bond acceptors (Lipinski definition) is 3. The highest BCUT2D eigenvalue weighted by Gasteiger charge is 2.19. The minimum atomic E-state index is -0.714. The minimum absolute atomic E-state index is 0.134. The molecule has 0 aromatic heterocycles. The predicted molar refractivity (Wildman–Crippen MR) is 75.8 cm³/mol. The number of carbonyl (C=O) groups excluding carboxylic acids is 1. The highest BCUT2D eigenvalue weighted by atomic mass is 19.1. The monoisotopic (exact) mass is 273 g/mol. The quantitative estimate of drug-likeness (QED) is 0.686. The molecule has 3 nitrogen and oxygen atoms in total. The molecule has 104 valence electrons. The van der Waals surface area contributed by atoms with Gasteiger partial charge in [-0.3, -0.25) is 0 Å². The summed E-state index contributed by atoms with van der Waals surface area (Å²) in [5.41, 5.74) is 7.01. The molecule has 0 aliphatic carbocycles. The van der Waals surface area contributed by atoms with E-state index in [-0.39, 0.29) is 5.56 Å². The summed E-state index contributed by atoms with van der Waals surface area (Å²) in [5, 5.41) is 0. The normalized spacial score (nSPS) is 11.9. The third-order valence-electron chi connectivity index (χ3n) is 3.05. The molecule has 1 atom stereocenters. The first-order chi connectivity index (χ1) is 9.49.